The first-order chi connectivity index (χ1) is 12.0. The minimum atomic E-state index is -0.384. The highest BCUT2D eigenvalue weighted by Gasteiger charge is 2.24. The van der Waals surface area contributed by atoms with Gasteiger partial charge in [-0.1, -0.05) is 0 Å². The van der Waals surface area contributed by atoms with Gasteiger partial charge in [0.1, 0.15) is 5.82 Å². The van der Waals surface area contributed by atoms with Crippen LogP contribution in [-0.4, -0.2) is 74.6 Å². The highest BCUT2D eigenvalue weighted by Crippen LogP contribution is 2.20. The minimum Gasteiger partial charge on any atom is -0.385 e. The standard InChI is InChI=1S/C17H23BrFN3O3/c1-25-10-2-5-20-16(23)12-21-6-8-22(9-7-21)17(24)14-4-3-13(19)11-15(14)18/h3-4,11H,2,5-10,12H2,1H3,(H,20,23). The molecule has 0 radical (unpaired) electrons. The first-order valence-corrected chi connectivity index (χ1v) is 9.03. The summed E-state index contributed by atoms with van der Waals surface area (Å²) in [4.78, 5) is 28.1. The van der Waals surface area contributed by atoms with Crippen molar-refractivity contribution in [1.82, 2.24) is 15.1 Å². The fourth-order valence-electron chi connectivity index (χ4n) is 2.65. The molecule has 0 aromatic heterocycles. The summed E-state index contributed by atoms with van der Waals surface area (Å²) < 4.78 is 18.5. The molecule has 2 rings (SSSR count). The molecule has 1 saturated heterocycles. The molecule has 2 amide bonds. The van der Waals surface area contributed by atoms with E-state index in [1.807, 2.05) is 4.90 Å². The van der Waals surface area contributed by atoms with Gasteiger partial charge in [-0.15, -0.1) is 0 Å². The Kier molecular flexibility index (Phi) is 7.80. The lowest BCUT2D eigenvalue weighted by atomic mass is 10.1. The number of carbonyl (C=O) groups excluding carboxylic acids is 2. The number of halogens is 2. The largest absolute Gasteiger partial charge is 0.385 e. The Morgan fingerprint density at radius 2 is 2.00 bits per heavy atom. The lowest BCUT2D eigenvalue weighted by Crippen LogP contribution is -2.51. The zero-order valence-corrected chi connectivity index (χ0v) is 15.9. The number of hydrogen-bond donors (Lipinski definition) is 1. The molecule has 1 fully saturated rings. The fraction of sp³-hybridized carbons (Fsp3) is 0.529. The molecule has 0 unspecified atom stereocenters. The molecule has 1 aromatic rings. The molecule has 1 aliphatic rings. The lowest BCUT2D eigenvalue weighted by Gasteiger charge is -2.34. The van der Waals surface area contributed by atoms with Crippen LogP contribution in [0.4, 0.5) is 4.39 Å². The van der Waals surface area contributed by atoms with Crippen molar-refractivity contribution in [2.75, 3.05) is 53.0 Å². The van der Waals surface area contributed by atoms with E-state index in [0.29, 0.717) is 55.9 Å². The van der Waals surface area contributed by atoms with Crippen molar-refractivity contribution in [2.45, 2.75) is 6.42 Å². The first-order valence-electron chi connectivity index (χ1n) is 8.23. The van der Waals surface area contributed by atoms with Gasteiger partial charge >= 0.3 is 0 Å². The summed E-state index contributed by atoms with van der Waals surface area (Å²) in [5.74, 6) is -0.530. The Morgan fingerprint density at radius 1 is 1.28 bits per heavy atom. The molecular formula is C17H23BrFN3O3. The number of amides is 2. The number of nitrogens with one attached hydrogen (secondary N) is 1. The van der Waals surface area contributed by atoms with E-state index in [1.165, 1.54) is 18.2 Å². The number of nitrogens with zero attached hydrogens (tertiary/aromatic N) is 2. The third-order valence-corrected chi connectivity index (χ3v) is 4.69. The van der Waals surface area contributed by atoms with Crippen LogP contribution in [0, 0.1) is 5.82 Å². The highest BCUT2D eigenvalue weighted by atomic mass is 79.9. The Bertz CT molecular complexity index is 607. The maximum atomic E-state index is 13.2. The lowest BCUT2D eigenvalue weighted by molar-refractivity contribution is -0.122. The third kappa shape index (κ3) is 6.05. The van der Waals surface area contributed by atoms with E-state index >= 15 is 0 Å². The number of rotatable bonds is 7. The second-order valence-corrected chi connectivity index (χ2v) is 6.74. The van der Waals surface area contributed by atoms with Crippen molar-refractivity contribution < 1.29 is 18.7 Å². The van der Waals surface area contributed by atoms with Gasteiger partial charge in [0.05, 0.1) is 12.1 Å². The molecule has 1 heterocycles. The summed E-state index contributed by atoms with van der Waals surface area (Å²) in [6.45, 7) is 3.91. The summed E-state index contributed by atoms with van der Waals surface area (Å²) in [6.07, 6.45) is 0.789. The van der Waals surface area contributed by atoms with Crippen LogP contribution >= 0.6 is 15.9 Å². The van der Waals surface area contributed by atoms with Crippen molar-refractivity contribution in [2.24, 2.45) is 0 Å². The van der Waals surface area contributed by atoms with Crippen molar-refractivity contribution >= 4 is 27.7 Å². The van der Waals surface area contributed by atoms with Crippen molar-refractivity contribution in [3.63, 3.8) is 0 Å². The summed E-state index contributed by atoms with van der Waals surface area (Å²) in [7, 11) is 1.63. The monoisotopic (exact) mass is 415 g/mol. The number of ether oxygens (including phenoxy) is 1. The van der Waals surface area contributed by atoms with Gasteiger partial charge in [-0.25, -0.2) is 4.39 Å². The zero-order chi connectivity index (χ0) is 18.2. The number of methoxy groups -OCH3 is 1. The van der Waals surface area contributed by atoms with E-state index in [-0.39, 0.29) is 17.6 Å². The van der Waals surface area contributed by atoms with Gasteiger partial charge in [0.15, 0.2) is 0 Å². The predicted octanol–water partition coefficient (Wildman–Crippen LogP) is 1.50. The third-order valence-electron chi connectivity index (χ3n) is 4.04. The van der Waals surface area contributed by atoms with Gasteiger partial charge in [0.2, 0.25) is 5.91 Å². The van der Waals surface area contributed by atoms with Crippen LogP contribution in [0.25, 0.3) is 0 Å². The van der Waals surface area contributed by atoms with Crippen LogP contribution in [0.1, 0.15) is 16.8 Å². The minimum absolute atomic E-state index is 0.0165. The summed E-state index contributed by atoms with van der Waals surface area (Å²) in [5.41, 5.74) is 0.450. The van der Waals surface area contributed by atoms with E-state index in [1.54, 1.807) is 12.0 Å². The normalized spacial score (nSPS) is 15.2. The zero-order valence-electron chi connectivity index (χ0n) is 14.3. The second-order valence-electron chi connectivity index (χ2n) is 5.89. The number of hydrogen-bond acceptors (Lipinski definition) is 4. The van der Waals surface area contributed by atoms with E-state index in [2.05, 4.69) is 21.2 Å². The molecule has 1 aromatic carbocycles. The number of piperazine rings is 1. The SMILES string of the molecule is COCCCNC(=O)CN1CCN(C(=O)c2ccc(F)cc2Br)CC1. The summed E-state index contributed by atoms with van der Waals surface area (Å²) in [6, 6.07) is 4.06. The molecule has 0 saturated carbocycles. The van der Waals surface area contributed by atoms with Gasteiger partial charge in [0.25, 0.3) is 5.91 Å². The van der Waals surface area contributed by atoms with Gasteiger partial charge in [-0.3, -0.25) is 14.5 Å². The van der Waals surface area contributed by atoms with Crippen LogP contribution in [0.3, 0.4) is 0 Å². The Hall–Kier alpha value is -1.51. The molecule has 1 N–H and O–H groups in total. The maximum Gasteiger partial charge on any atom is 0.255 e. The smallest absolute Gasteiger partial charge is 0.255 e. The highest BCUT2D eigenvalue weighted by molar-refractivity contribution is 9.10. The fourth-order valence-corrected chi connectivity index (χ4v) is 3.17. The molecule has 0 aliphatic carbocycles. The molecule has 6 nitrogen and oxygen atoms in total. The Labute approximate surface area is 155 Å². The van der Waals surface area contributed by atoms with Crippen molar-refractivity contribution in [3.05, 3.63) is 34.1 Å². The van der Waals surface area contributed by atoms with E-state index < -0.39 is 0 Å². The molecule has 8 heteroatoms. The van der Waals surface area contributed by atoms with Gasteiger partial charge < -0.3 is 15.0 Å². The summed E-state index contributed by atoms with van der Waals surface area (Å²) >= 11 is 3.23. The number of carbonyl (C=O) groups is 2. The predicted molar refractivity (Wildman–Crippen MR) is 95.9 cm³/mol. The maximum absolute atomic E-state index is 13.2. The average Bonchev–Trinajstić information content (AvgIpc) is 2.59. The van der Waals surface area contributed by atoms with E-state index in [0.717, 1.165) is 6.42 Å². The van der Waals surface area contributed by atoms with Crippen molar-refractivity contribution in [3.8, 4) is 0 Å². The first kappa shape index (κ1) is 19.8. The van der Waals surface area contributed by atoms with Gasteiger partial charge in [-0.05, 0) is 40.5 Å². The molecule has 0 bridgehead atoms. The van der Waals surface area contributed by atoms with E-state index in [9.17, 15) is 14.0 Å². The van der Waals surface area contributed by atoms with Crippen LogP contribution < -0.4 is 5.32 Å². The van der Waals surface area contributed by atoms with Crippen LogP contribution in [-0.2, 0) is 9.53 Å². The Morgan fingerprint density at radius 3 is 2.64 bits per heavy atom. The van der Waals surface area contributed by atoms with Gasteiger partial charge in [0, 0.05) is 50.9 Å². The summed E-state index contributed by atoms with van der Waals surface area (Å²) in [5, 5.41) is 2.85. The van der Waals surface area contributed by atoms with Gasteiger partial charge in [-0.2, -0.15) is 0 Å². The molecule has 0 atom stereocenters. The number of benzene rings is 1. The van der Waals surface area contributed by atoms with Crippen LogP contribution in [0.5, 0.6) is 0 Å². The van der Waals surface area contributed by atoms with E-state index in [4.69, 9.17) is 4.74 Å². The molecule has 1 aliphatic heterocycles. The van der Waals surface area contributed by atoms with Crippen LogP contribution in [0.15, 0.2) is 22.7 Å². The molecule has 25 heavy (non-hydrogen) atoms. The Balaban J connectivity index is 1.77. The molecule has 0 spiro atoms. The van der Waals surface area contributed by atoms with Crippen LogP contribution in [0.2, 0.25) is 0 Å². The second kappa shape index (κ2) is 9.84. The molecule has 138 valence electrons. The topological polar surface area (TPSA) is 61.9 Å². The average molecular weight is 416 g/mol. The molecular weight excluding hydrogens is 393 g/mol. The van der Waals surface area contributed by atoms with Crippen molar-refractivity contribution in [1.29, 1.82) is 0 Å². The quantitative estimate of drug-likeness (QED) is 0.685.